The number of methoxy groups -OCH3 is 2. The summed E-state index contributed by atoms with van der Waals surface area (Å²) in [6.07, 6.45) is -1.09. The van der Waals surface area contributed by atoms with E-state index in [-0.39, 0.29) is 17.1 Å². The summed E-state index contributed by atoms with van der Waals surface area (Å²) in [5.41, 5.74) is -0.230. The molecule has 7 heteroatoms. The largest absolute Gasteiger partial charge is 0.465 e. The molecular formula is C11H13NO6. The molecule has 0 saturated carbocycles. The van der Waals surface area contributed by atoms with Crippen molar-refractivity contribution in [3.05, 3.63) is 23.5 Å². The van der Waals surface area contributed by atoms with Gasteiger partial charge in [0.25, 0.3) is 0 Å². The van der Waals surface area contributed by atoms with Gasteiger partial charge in [-0.3, -0.25) is 0 Å². The Kier molecular flexibility index (Phi) is 4.61. The number of aliphatic hydroxyl groups excluding tert-OH is 1. The Balaban J connectivity index is 3.19. The van der Waals surface area contributed by atoms with Crippen LogP contribution in [0.3, 0.4) is 0 Å². The second kappa shape index (κ2) is 5.97. The van der Waals surface area contributed by atoms with E-state index in [0.717, 1.165) is 0 Å². The van der Waals surface area contributed by atoms with Gasteiger partial charge in [-0.2, -0.15) is 0 Å². The molecule has 7 nitrogen and oxygen atoms in total. The van der Waals surface area contributed by atoms with Gasteiger partial charge in [0.2, 0.25) is 0 Å². The molecule has 0 amide bonds. The highest BCUT2D eigenvalue weighted by molar-refractivity contribution is 5.92. The van der Waals surface area contributed by atoms with E-state index in [1.54, 1.807) is 0 Å². The standard InChI is InChI=1S/C11H13NO6/c1-6(13)18-7-4-8(10(14)16-2)12-9(5-7)11(15)17-3/h4-6,13H,1-3H3. The van der Waals surface area contributed by atoms with Gasteiger partial charge in [0, 0.05) is 12.1 Å². The van der Waals surface area contributed by atoms with E-state index in [0.29, 0.717) is 0 Å². The molecule has 18 heavy (non-hydrogen) atoms. The second-order valence-corrected chi connectivity index (χ2v) is 3.27. The zero-order valence-corrected chi connectivity index (χ0v) is 10.2. The van der Waals surface area contributed by atoms with E-state index in [1.807, 2.05) is 0 Å². The fourth-order valence-electron chi connectivity index (χ4n) is 1.19. The topological polar surface area (TPSA) is 95.0 Å². The molecule has 0 aliphatic carbocycles. The average molecular weight is 255 g/mol. The molecule has 0 saturated heterocycles. The van der Waals surface area contributed by atoms with Crippen LogP contribution in [0.15, 0.2) is 12.1 Å². The molecule has 0 aromatic carbocycles. The molecule has 0 spiro atoms. The van der Waals surface area contributed by atoms with Crippen molar-refractivity contribution in [3.63, 3.8) is 0 Å². The van der Waals surface area contributed by atoms with Crippen molar-refractivity contribution in [3.8, 4) is 5.75 Å². The predicted octanol–water partition coefficient (Wildman–Crippen LogP) is 0.372. The van der Waals surface area contributed by atoms with Crippen LogP contribution in [0.25, 0.3) is 0 Å². The van der Waals surface area contributed by atoms with Crippen LogP contribution < -0.4 is 4.74 Å². The molecular weight excluding hydrogens is 242 g/mol. The van der Waals surface area contributed by atoms with Gasteiger partial charge in [0.05, 0.1) is 14.2 Å². The Labute approximate surface area is 103 Å². The SMILES string of the molecule is COC(=O)c1cc(OC(C)O)cc(C(=O)OC)n1. The maximum Gasteiger partial charge on any atom is 0.356 e. The van der Waals surface area contributed by atoms with Crippen LogP contribution in [0.4, 0.5) is 0 Å². The second-order valence-electron chi connectivity index (χ2n) is 3.27. The molecule has 1 heterocycles. The van der Waals surface area contributed by atoms with Crippen molar-refractivity contribution in [2.24, 2.45) is 0 Å². The van der Waals surface area contributed by atoms with E-state index in [4.69, 9.17) is 9.84 Å². The van der Waals surface area contributed by atoms with Gasteiger partial charge >= 0.3 is 11.9 Å². The van der Waals surface area contributed by atoms with Crippen LogP contribution in [-0.2, 0) is 9.47 Å². The third kappa shape index (κ3) is 3.42. The molecule has 0 aliphatic heterocycles. The van der Waals surface area contributed by atoms with Crippen LogP contribution in [-0.4, -0.2) is 42.5 Å². The van der Waals surface area contributed by atoms with Crippen molar-refractivity contribution in [2.75, 3.05) is 14.2 Å². The number of aliphatic hydroxyl groups is 1. The van der Waals surface area contributed by atoms with Crippen LogP contribution in [0.5, 0.6) is 5.75 Å². The Morgan fingerprint density at radius 3 is 1.94 bits per heavy atom. The van der Waals surface area contributed by atoms with Crippen molar-refractivity contribution in [1.29, 1.82) is 0 Å². The van der Waals surface area contributed by atoms with Gasteiger partial charge in [0.1, 0.15) is 5.75 Å². The number of hydrogen-bond donors (Lipinski definition) is 1. The fourth-order valence-corrected chi connectivity index (χ4v) is 1.19. The molecule has 0 radical (unpaired) electrons. The lowest BCUT2D eigenvalue weighted by Gasteiger charge is -2.10. The molecule has 0 aliphatic rings. The zero-order chi connectivity index (χ0) is 13.7. The van der Waals surface area contributed by atoms with Crippen molar-refractivity contribution in [1.82, 2.24) is 4.98 Å². The van der Waals surface area contributed by atoms with Crippen molar-refractivity contribution in [2.45, 2.75) is 13.2 Å². The lowest BCUT2D eigenvalue weighted by molar-refractivity contribution is -0.000711. The number of rotatable bonds is 4. The van der Waals surface area contributed by atoms with Crippen LogP contribution in [0, 0.1) is 0 Å². The van der Waals surface area contributed by atoms with E-state index in [2.05, 4.69) is 14.5 Å². The normalized spacial score (nSPS) is 11.6. The van der Waals surface area contributed by atoms with Crippen molar-refractivity contribution < 1.29 is 28.9 Å². The number of carbonyl (C=O) groups is 2. The maximum absolute atomic E-state index is 11.4. The van der Waals surface area contributed by atoms with Crippen LogP contribution in [0.1, 0.15) is 27.9 Å². The van der Waals surface area contributed by atoms with E-state index < -0.39 is 18.2 Å². The van der Waals surface area contributed by atoms with Crippen LogP contribution >= 0.6 is 0 Å². The van der Waals surface area contributed by atoms with Crippen molar-refractivity contribution >= 4 is 11.9 Å². The maximum atomic E-state index is 11.4. The Morgan fingerprint density at radius 2 is 1.61 bits per heavy atom. The number of hydrogen-bond acceptors (Lipinski definition) is 7. The predicted molar refractivity (Wildman–Crippen MR) is 59.2 cm³/mol. The average Bonchev–Trinajstić information content (AvgIpc) is 2.35. The number of aromatic nitrogens is 1. The Hall–Kier alpha value is -2.15. The first-order chi connectivity index (χ1) is 8.47. The summed E-state index contributed by atoms with van der Waals surface area (Å²) in [6, 6.07) is 2.51. The number of pyridine rings is 1. The highest BCUT2D eigenvalue weighted by Crippen LogP contribution is 2.17. The Bertz CT molecular complexity index is 423. The molecule has 0 fully saturated rings. The lowest BCUT2D eigenvalue weighted by Crippen LogP contribution is -2.14. The lowest BCUT2D eigenvalue weighted by atomic mass is 10.2. The van der Waals surface area contributed by atoms with Gasteiger partial charge in [0.15, 0.2) is 17.7 Å². The first-order valence-corrected chi connectivity index (χ1v) is 5.01. The van der Waals surface area contributed by atoms with Crippen LogP contribution in [0.2, 0.25) is 0 Å². The summed E-state index contributed by atoms with van der Waals surface area (Å²) in [7, 11) is 2.37. The summed E-state index contributed by atoms with van der Waals surface area (Å²) >= 11 is 0. The van der Waals surface area contributed by atoms with E-state index >= 15 is 0 Å². The molecule has 1 unspecified atom stereocenters. The molecule has 1 N–H and O–H groups in total. The first kappa shape index (κ1) is 13.9. The minimum Gasteiger partial charge on any atom is -0.465 e. The quantitative estimate of drug-likeness (QED) is 0.613. The summed E-state index contributed by atoms with van der Waals surface area (Å²) in [5, 5.41) is 9.10. The molecule has 1 aromatic heterocycles. The smallest absolute Gasteiger partial charge is 0.356 e. The van der Waals surface area contributed by atoms with E-state index in [9.17, 15) is 9.59 Å². The van der Waals surface area contributed by atoms with Gasteiger partial charge in [-0.25, -0.2) is 14.6 Å². The fraction of sp³-hybridized carbons (Fsp3) is 0.364. The zero-order valence-electron chi connectivity index (χ0n) is 10.2. The monoisotopic (exact) mass is 255 g/mol. The molecule has 98 valence electrons. The summed E-state index contributed by atoms with van der Waals surface area (Å²) in [6.45, 7) is 1.38. The minimum atomic E-state index is -1.09. The van der Waals surface area contributed by atoms with E-state index in [1.165, 1.54) is 33.3 Å². The number of nitrogens with zero attached hydrogens (tertiary/aromatic N) is 1. The third-order valence-electron chi connectivity index (χ3n) is 1.89. The molecule has 1 atom stereocenters. The molecule has 0 bridgehead atoms. The van der Waals surface area contributed by atoms with Gasteiger partial charge < -0.3 is 19.3 Å². The minimum absolute atomic E-state index is 0.112. The Morgan fingerprint density at radius 1 is 1.17 bits per heavy atom. The first-order valence-electron chi connectivity index (χ1n) is 5.01. The van der Waals surface area contributed by atoms with Gasteiger partial charge in [-0.1, -0.05) is 0 Å². The molecule has 1 aromatic rings. The summed E-state index contributed by atoms with van der Waals surface area (Å²) in [4.78, 5) is 26.5. The third-order valence-corrected chi connectivity index (χ3v) is 1.89. The number of esters is 2. The van der Waals surface area contributed by atoms with Gasteiger partial charge in [-0.05, 0) is 6.92 Å². The van der Waals surface area contributed by atoms with Gasteiger partial charge in [-0.15, -0.1) is 0 Å². The summed E-state index contributed by atoms with van der Waals surface area (Å²) in [5.74, 6) is -1.34. The highest BCUT2D eigenvalue weighted by Gasteiger charge is 2.16. The molecule has 1 rings (SSSR count). The highest BCUT2D eigenvalue weighted by atomic mass is 16.6. The number of carbonyl (C=O) groups excluding carboxylic acids is 2. The summed E-state index contributed by atoms with van der Waals surface area (Å²) < 4.78 is 14.0. The number of ether oxygens (including phenoxy) is 3.